The number of hydrogen-bond acceptors (Lipinski definition) is 4. The fourth-order valence-electron chi connectivity index (χ4n) is 3.73. The Morgan fingerprint density at radius 3 is 2.00 bits per heavy atom. The van der Waals surface area contributed by atoms with E-state index in [1.165, 1.54) is 6.92 Å². The van der Waals surface area contributed by atoms with Gasteiger partial charge in [-0.2, -0.15) is 0 Å². The van der Waals surface area contributed by atoms with Crippen molar-refractivity contribution in [3.63, 3.8) is 0 Å². The first-order chi connectivity index (χ1) is 14.4. The lowest BCUT2D eigenvalue weighted by molar-refractivity contribution is -0.139. The number of nitrogens with one attached hydrogen (secondary N) is 2. The second kappa shape index (κ2) is 13.5. The van der Waals surface area contributed by atoms with E-state index in [2.05, 4.69) is 17.6 Å². The number of rotatable bonds is 14. The van der Waals surface area contributed by atoms with Crippen LogP contribution in [0.3, 0.4) is 0 Å². The summed E-state index contributed by atoms with van der Waals surface area (Å²) < 4.78 is 0. The first-order valence-electron chi connectivity index (χ1n) is 11.6. The van der Waals surface area contributed by atoms with E-state index in [1.807, 2.05) is 41.5 Å². The van der Waals surface area contributed by atoms with Gasteiger partial charge in [0, 0.05) is 12.6 Å². The highest BCUT2D eigenvalue weighted by Crippen LogP contribution is 2.20. The van der Waals surface area contributed by atoms with E-state index in [4.69, 9.17) is 0 Å². The number of carbonyl (C=O) groups excluding carboxylic acids is 2. The molecule has 0 aromatic carbocycles. The molecule has 0 spiro atoms. The molecule has 180 valence electrons. The molecule has 0 aromatic rings. The quantitative estimate of drug-likeness (QED) is 0.359. The lowest BCUT2D eigenvalue weighted by Gasteiger charge is -2.36. The van der Waals surface area contributed by atoms with Crippen LogP contribution >= 0.6 is 0 Å². The van der Waals surface area contributed by atoms with Gasteiger partial charge >= 0.3 is 5.97 Å². The summed E-state index contributed by atoms with van der Waals surface area (Å²) in [6.07, 6.45) is 4.30. The maximum absolute atomic E-state index is 13.4. The summed E-state index contributed by atoms with van der Waals surface area (Å²) in [5, 5.41) is 15.7. The summed E-state index contributed by atoms with van der Waals surface area (Å²) in [5.74, 6) is -1.13. The van der Waals surface area contributed by atoms with E-state index in [0.717, 1.165) is 13.0 Å². The van der Waals surface area contributed by atoms with Crippen LogP contribution in [-0.4, -0.2) is 59.0 Å². The third kappa shape index (κ3) is 8.63. The van der Waals surface area contributed by atoms with E-state index >= 15 is 0 Å². The minimum absolute atomic E-state index is 0.0234. The van der Waals surface area contributed by atoms with Crippen molar-refractivity contribution in [2.45, 2.75) is 98.7 Å². The number of carboxylic acids is 1. The van der Waals surface area contributed by atoms with Crippen molar-refractivity contribution in [1.82, 2.24) is 15.5 Å². The molecule has 0 fully saturated rings. The lowest BCUT2D eigenvalue weighted by atomic mass is 9.90. The Kier molecular flexibility index (Phi) is 12.7. The summed E-state index contributed by atoms with van der Waals surface area (Å²) in [7, 11) is 1.68. The van der Waals surface area contributed by atoms with Crippen molar-refractivity contribution < 1.29 is 19.5 Å². The second-order valence-corrected chi connectivity index (χ2v) is 9.21. The van der Waals surface area contributed by atoms with E-state index < -0.39 is 17.6 Å². The third-order valence-corrected chi connectivity index (χ3v) is 5.90. The second-order valence-electron chi connectivity index (χ2n) is 9.21. The molecule has 0 rings (SSSR count). The van der Waals surface area contributed by atoms with Crippen LogP contribution in [-0.2, 0) is 14.4 Å². The zero-order valence-corrected chi connectivity index (χ0v) is 21.0. The van der Waals surface area contributed by atoms with Crippen LogP contribution in [0.2, 0.25) is 0 Å². The zero-order chi connectivity index (χ0) is 24.4. The van der Waals surface area contributed by atoms with Gasteiger partial charge < -0.3 is 20.6 Å². The summed E-state index contributed by atoms with van der Waals surface area (Å²) in [6, 6.07) is -1.05. The average molecular weight is 440 g/mol. The maximum atomic E-state index is 13.4. The monoisotopic (exact) mass is 439 g/mol. The molecule has 0 radical (unpaired) electrons. The fraction of sp³-hybridized carbons (Fsp3) is 0.792. The molecule has 0 bridgehead atoms. The Morgan fingerprint density at radius 2 is 1.61 bits per heavy atom. The summed E-state index contributed by atoms with van der Waals surface area (Å²) in [5.41, 5.74) is -0.510. The van der Waals surface area contributed by atoms with Crippen molar-refractivity contribution in [1.29, 1.82) is 0 Å². The van der Waals surface area contributed by atoms with Gasteiger partial charge in [0.1, 0.15) is 6.04 Å². The van der Waals surface area contributed by atoms with Crippen molar-refractivity contribution in [3.05, 3.63) is 11.6 Å². The van der Waals surface area contributed by atoms with Crippen LogP contribution < -0.4 is 10.6 Å². The van der Waals surface area contributed by atoms with Crippen LogP contribution in [0, 0.1) is 11.8 Å². The van der Waals surface area contributed by atoms with E-state index in [1.54, 1.807) is 18.0 Å². The molecule has 7 nitrogen and oxygen atoms in total. The predicted molar refractivity (Wildman–Crippen MR) is 126 cm³/mol. The predicted octanol–water partition coefficient (Wildman–Crippen LogP) is 3.59. The van der Waals surface area contributed by atoms with Gasteiger partial charge in [0.2, 0.25) is 11.8 Å². The molecule has 3 N–H and O–H groups in total. The first-order valence-corrected chi connectivity index (χ1v) is 11.6. The normalized spacial score (nSPS) is 14.5. The highest BCUT2D eigenvalue weighted by molar-refractivity contribution is 5.92. The molecular formula is C24H45N3O4. The average Bonchev–Trinajstić information content (AvgIpc) is 2.70. The highest BCUT2D eigenvalue weighted by atomic mass is 16.4. The minimum Gasteiger partial charge on any atom is -0.478 e. The maximum Gasteiger partial charge on any atom is 0.331 e. The van der Waals surface area contributed by atoms with E-state index in [-0.39, 0.29) is 35.3 Å². The number of aliphatic carboxylic acids is 1. The smallest absolute Gasteiger partial charge is 0.331 e. The Labute approximate surface area is 189 Å². The Hall–Kier alpha value is -1.89. The largest absolute Gasteiger partial charge is 0.478 e. The number of carboxylic acid groups (broad SMARTS) is 1. The molecule has 0 aliphatic carbocycles. The Balaban J connectivity index is 5.85. The summed E-state index contributed by atoms with van der Waals surface area (Å²) in [4.78, 5) is 39.6. The molecule has 0 saturated heterocycles. The standard InChI is InChI=1S/C24H45N3O4/c1-10-13-25-24(11-2,12-3)23(31)26-19(14-16(4)5)21(28)27(9)20(17(6)7)15-18(8)22(29)30/h15-17,19-20,25H,10-14H2,1-9H3,(H,26,31)(H,29,30)/b18-15+/t19-,20+/m0/s1. The molecule has 0 saturated carbocycles. The van der Waals surface area contributed by atoms with Crippen LogP contribution in [0.15, 0.2) is 11.6 Å². The van der Waals surface area contributed by atoms with Gasteiger partial charge in [-0.25, -0.2) is 4.79 Å². The van der Waals surface area contributed by atoms with Crippen LogP contribution in [0.4, 0.5) is 0 Å². The fourth-order valence-corrected chi connectivity index (χ4v) is 3.73. The van der Waals surface area contributed by atoms with Gasteiger partial charge in [-0.1, -0.05) is 54.5 Å². The zero-order valence-electron chi connectivity index (χ0n) is 21.0. The van der Waals surface area contributed by atoms with Gasteiger partial charge in [0.05, 0.1) is 11.6 Å². The molecule has 0 aliphatic heterocycles. The molecule has 0 aromatic heterocycles. The molecule has 0 unspecified atom stereocenters. The Bertz CT molecular complexity index is 624. The summed E-state index contributed by atoms with van der Waals surface area (Å²) in [6.45, 7) is 16.2. The van der Waals surface area contributed by atoms with Crippen molar-refractivity contribution in [3.8, 4) is 0 Å². The molecule has 2 atom stereocenters. The number of nitrogens with zero attached hydrogens (tertiary/aromatic N) is 1. The first kappa shape index (κ1) is 29.1. The topological polar surface area (TPSA) is 98.7 Å². The van der Waals surface area contributed by atoms with Gasteiger partial charge in [-0.3, -0.25) is 9.59 Å². The van der Waals surface area contributed by atoms with Crippen molar-refractivity contribution >= 4 is 17.8 Å². The number of likely N-dealkylation sites (N-methyl/N-ethyl adjacent to an activating group) is 1. The van der Waals surface area contributed by atoms with Gasteiger partial charge in [0.25, 0.3) is 0 Å². The molecule has 2 amide bonds. The minimum atomic E-state index is -1.00. The Morgan fingerprint density at radius 1 is 1.06 bits per heavy atom. The SMILES string of the molecule is CCCNC(CC)(CC)C(=O)N[C@@H](CC(C)C)C(=O)N(C)[C@H](/C=C(\C)C(=O)O)C(C)C. The van der Waals surface area contributed by atoms with Gasteiger partial charge in [-0.15, -0.1) is 0 Å². The van der Waals surface area contributed by atoms with Crippen molar-refractivity contribution in [2.75, 3.05) is 13.6 Å². The van der Waals surface area contributed by atoms with Crippen molar-refractivity contribution in [2.24, 2.45) is 11.8 Å². The number of carbonyl (C=O) groups is 3. The number of hydrogen-bond donors (Lipinski definition) is 3. The number of amides is 2. The van der Waals surface area contributed by atoms with E-state index in [9.17, 15) is 19.5 Å². The molecule has 0 heterocycles. The summed E-state index contributed by atoms with van der Waals surface area (Å²) >= 11 is 0. The van der Waals surface area contributed by atoms with E-state index in [0.29, 0.717) is 19.3 Å². The molecule has 7 heteroatoms. The third-order valence-electron chi connectivity index (χ3n) is 5.90. The van der Waals surface area contributed by atoms with Crippen LogP contribution in [0.25, 0.3) is 0 Å². The van der Waals surface area contributed by atoms with Crippen LogP contribution in [0.1, 0.15) is 81.1 Å². The molecule has 0 aliphatic rings. The lowest BCUT2D eigenvalue weighted by Crippen LogP contribution is -2.61. The van der Waals surface area contributed by atoms with Crippen LogP contribution in [0.5, 0.6) is 0 Å². The van der Waals surface area contributed by atoms with Gasteiger partial charge in [-0.05, 0) is 51.0 Å². The highest BCUT2D eigenvalue weighted by Gasteiger charge is 2.37. The molecular weight excluding hydrogens is 394 g/mol. The molecule has 31 heavy (non-hydrogen) atoms. The van der Waals surface area contributed by atoms with Gasteiger partial charge in [0.15, 0.2) is 0 Å².